The van der Waals surface area contributed by atoms with Gasteiger partial charge in [0.1, 0.15) is 0 Å². The van der Waals surface area contributed by atoms with E-state index in [1.165, 1.54) is 11.3 Å². The quantitative estimate of drug-likeness (QED) is 0.834. The largest absolute Gasteiger partial charge is 0.301 e. The number of rotatable bonds is 5. The lowest BCUT2D eigenvalue weighted by molar-refractivity contribution is -0.113. The number of carbonyl (C=O) groups excluding carboxylic acids is 1. The van der Waals surface area contributed by atoms with Crippen molar-refractivity contribution in [2.75, 3.05) is 16.8 Å². The van der Waals surface area contributed by atoms with E-state index in [1.54, 1.807) is 11.8 Å². The maximum atomic E-state index is 11.6. The molecule has 1 aromatic rings. The van der Waals surface area contributed by atoms with Crippen LogP contribution in [0.25, 0.3) is 0 Å². The van der Waals surface area contributed by atoms with Gasteiger partial charge in [0.25, 0.3) is 0 Å². The van der Waals surface area contributed by atoms with E-state index in [0.29, 0.717) is 10.9 Å². The number of carbonyl (C=O) groups is 1. The molecule has 0 saturated carbocycles. The van der Waals surface area contributed by atoms with E-state index in [4.69, 9.17) is 0 Å². The molecule has 0 aliphatic heterocycles. The molecule has 0 spiro atoms. The Bertz CT molecular complexity index is 369. The highest BCUT2D eigenvalue weighted by Crippen LogP contribution is 2.26. The van der Waals surface area contributed by atoms with Crippen LogP contribution in [0.3, 0.4) is 0 Å². The van der Waals surface area contributed by atoms with Crippen molar-refractivity contribution >= 4 is 34.1 Å². The third-order valence-electron chi connectivity index (χ3n) is 2.10. The van der Waals surface area contributed by atoms with Crippen molar-refractivity contribution in [2.24, 2.45) is 0 Å². The molecule has 0 aromatic carbocycles. The van der Waals surface area contributed by atoms with Crippen LogP contribution in [0.15, 0.2) is 5.38 Å². The number of anilines is 1. The summed E-state index contributed by atoms with van der Waals surface area (Å²) in [6.45, 7) is 8.46. The molecular formula is C12H20N2OS2. The molecule has 17 heavy (non-hydrogen) atoms. The molecule has 1 amide bonds. The van der Waals surface area contributed by atoms with Gasteiger partial charge in [0, 0.05) is 10.8 Å². The molecule has 0 aliphatic carbocycles. The number of amides is 1. The molecule has 96 valence electrons. The SMILES string of the molecule is CCCSCC(=O)Nc1nc(C(C)(C)C)cs1. The van der Waals surface area contributed by atoms with Crippen molar-refractivity contribution in [3.63, 3.8) is 0 Å². The second-order valence-corrected chi connectivity index (χ2v) is 6.85. The molecule has 0 bridgehead atoms. The van der Waals surface area contributed by atoms with Gasteiger partial charge in [0.05, 0.1) is 11.4 Å². The molecule has 1 N–H and O–H groups in total. The highest BCUT2D eigenvalue weighted by atomic mass is 32.2. The highest BCUT2D eigenvalue weighted by Gasteiger charge is 2.17. The van der Waals surface area contributed by atoms with Gasteiger partial charge in [-0.1, -0.05) is 27.7 Å². The molecule has 0 unspecified atom stereocenters. The van der Waals surface area contributed by atoms with Gasteiger partial charge in [-0.3, -0.25) is 4.79 Å². The number of hydrogen-bond donors (Lipinski definition) is 1. The van der Waals surface area contributed by atoms with Gasteiger partial charge in [-0.05, 0) is 12.2 Å². The zero-order valence-electron chi connectivity index (χ0n) is 10.9. The first-order valence-corrected chi connectivity index (χ1v) is 7.80. The van der Waals surface area contributed by atoms with Crippen LogP contribution in [0, 0.1) is 0 Å². The summed E-state index contributed by atoms with van der Waals surface area (Å²) < 4.78 is 0. The van der Waals surface area contributed by atoms with Crippen molar-refractivity contribution in [2.45, 2.75) is 39.5 Å². The van der Waals surface area contributed by atoms with E-state index in [1.807, 2.05) is 5.38 Å². The van der Waals surface area contributed by atoms with E-state index >= 15 is 0 Å². The summed E-state index contributed by atoms with van der Waals surface area (Å²) in [5.41, 5.74) is 1.06. The summed E-state index contributed by atoms with van der Waals surface area (Å²) in [6.07, 6.45) is 1.10. The minimum atomic E-state index is 0.0381. The Morgan fingerprint density at radius 3 is 2.76 bits per heavy atom. The molecule has 0 atom stereocenters. The standard InChI is InChI=1S/C12H20N2OS2/c1-5-6-16-8-10(15)14-11-13-9(7-17-11)12(2,3)4/h7H,5-6,8H2,1-4H3,(H,13,14,15). The molecule has 0 saturated heterocycles. The Morgan fingerprint density at radius 1 is 1.53 bits per heavy atom. The van der Waals surface area contributed by atoms with Gasteiger partial charge in [-0.15, -0.1) is 11.3 Å². The van der Waals surface area contributed by atoms with Crippen molar-refractivity contribution in [1.82, 2.24) is 4.98 Å². The molecule has 1 heterocycles. The second-order valence-electron chi connectivity index (χ2n) is 4.89. The lowest BCUT2D eigenvalue weighted by Gasteiger charge is -2.14. The third kappa shape index (κ3) is 5.08. The van der Waals surface area contributed by atoms with E-state index in [2.05, 4.69) is 38.0 Å². The minimum absolute atomic E-state index is 0.0381. The van der Waals surface area contributed by atoms with Crippen molar-refractivity contribution in [3.8, 4) is 0 Å². The number of thioether (sulfide) groups is 1. The van der Waals surface area contributed by atoms with Crippen molar-refractivity contribution < 1.29 is 4.79 Å². The van der Waals surface area contributed by atoms with E-state index in [-0.39, 0.29) is 11.3 Å². The summed E-state index contributed by atoms with van der Waals surface area (Å²) in [5.74, 6) is 1.58. The molecule has 5 heteroatoms. The molecule has 1 rings (SSSR count). The first kappa shape index (κ1) is 14.5. The fourth-order valence-electron chi connectivity index (χ4n) is 1.14. The van der Waals surface area contributed by atoms with E-state index in [9.17, 15) is 4.79 Å². The molecular weight excluding hydrogens is 252 g/mol. The molecule has 0 radical (unpaired) electrons. The Kier molecular flexibility index (Phi) is 5.46. The van der Waals surface area contributed by atoms with Gasteiger partial charge in [-0.25, -0.2) is 4.98 Å². The smallest absolute Gasteiger partial charge is 0.236 e. The Labute approximate surface area is 111 Å². The van der Waals surface area contributed by atoms with E-state index < -0.39 is 0 Å². The minimum Gasteiger partial charge on any atom is -0.301 e. The number of nitrogens with zero attached hydrogens (tertiary/aromatic N) is 1. The highest BCUT2D eigenvalue weighted by molar-refractivity contribution is 7.99. The average molecular weight is 272 g/mol. The number of nitrogens with one attached hydrogen (secondary N) is 1. The van der Waals surface area contributed by atoms with Crippen molar-refractivity contribution in [1.29, 1.82) is 0 Å². The van der Waals surface area contributed by atoms with Crippen LogP contribution >= 0.6 is 23.1 Å². The first-order chi connectivity index (χ1) is 7.93. The first-order valence-electron chi connectivity index (χ1n) is 5.77. The topological polar surface area (TPSA) is 42.0 Å². The Morgan fingerprint density at radius 2 is 2.24 bits per heavy atom. The lowest BCUT2D eigenvalue weighted by atomic mass is 9.93. The normalized spacial score (nSPS) is 11.5. The predicted octanol–water partition coefficient (Wildman–Crippen LogP) is 3.52. The molecule has 3 nitrogen and oxygen atoms in total. The molecule has 0 aliphatic rings. The monoisotopic (exact) mass is 272 g/mol. The Balaban J connectivity index is 2.46. The van der Waals surface area contributed by atoms with Crippen LogP contribution in [0.5, 0.6) is 0 Å². The maximum Gasteiger partial charge on any atom is 0.236 e. The molecule has 0 fully saturated rings. The second kappa shape index (κ2) is 6.40. The van der Waals surface area contributed by atoms with Gasteiger partial charge in [0.2, 0.25) is 5.91 Å². The van der Waals surface area contributed by atoms with Gasteiger partial charge < -0.3 is 5.32 Å². The summed E-state index contributed by atoms with van der Waals surface area (Å²) in [5, 5.41) is 5.56. The van der Waals surface area contributed by atoms with Crippen LogP contribution < -0.4 is 5.32 Å². The number of aromatic nitrogens is 1. The van der Waals surface area contributed by atoms with Crippen LogP contribution in [0.2, 0.25) is 0 Å². The number of hydrogen-bond acceptors (Lipinski definition) is 4. The van der Waals surface area contributed by atoms with E-state index in [0.717, 1.165) is 17.9 Å². The summed E-state index contributed by atoms with van der Waals surface area (Å²) in [4.78, 5) is 16.0. The van der Waals surface area contributed by atoms with Gasteiger partial charge >= 0.3 is 0 Å². The van der Waals surface area contributed by atoms with Gasteiger partial charge in [0.15, 0.2) is 5.13 Å². The molecule has 1 aromatic heterocycles. The summed E-state index contributed by atoms with van der Waals surface area (Å²) >= 11 is 3.15. The Hall–Kier alpha value is -0.550. The van der Waals surface area contributed by atoms with Crippen molar-refractivity contribution in [3.05, 3.63) is 11.1 Å². The van der Waals surface area contributed by atoms with Crippen LogP contribution in [0.1, 0.15) is 39.8 Å². The summed E-state index contributed by atoms with van der Waals surface area (Å²) in [7, 11) is 0. The lowest BCUT2D eigenvalue weighted by Crippen LogP contribution is -2.15. The predicted molar refractivity (Wildman–Crippen MR) is 77.1 cm³/mol. The third-order valence-corrected chi connectivity index (χ3v) is 4.02. The van der Waals surface area contributed by atoms with Gasteiger partial charge in [-0.2, -0.15) is 11.8 Å². The zero-order valence-corrected chi connectivity index (χ0v) is 12.5. The fraction of sp³-hybridized carbons (Fsp3) is 0.667. The zero-order chi connectivity index (χ0) is 12.9. The summed E-state index contributed by atoms with van der Waals surface area (Å²) in [6, 6.07) is 0. The van der Waals surface area contributed by atoms with Crippen LogP contribution in [-0.2, 0) is 10.2 Å². The average Bonchev–Trinajstić information content (AvgIpc) is 2.66. The maximum absolute atomic E-state index is 11.6. The fourth-order valence-corrected chi connectivity index (χ4v) is 2.78. The van der Waals surface area contributed by atoms with Crippen LogP contribution in [0.4, 0.5) is 5.13 Å². The van der Waals surface area contributed by atoms with Crippen LogP contribution in [-0.4, -0.2) is 22.4 Å². The number of thiazole rings is 1.